The highest BCUT2D eigenvalue weighted by Crippen LogP contribution is 2.57. The Hall–Kier alpha value is -1.36. The fraction of sp³-hybridized carbons (Fsp3) is 0.684. The minimum absolute atomic E-state index is 0.102. The van der Waals surface area contributed by atoms with Crippen molar-refractivity contribution in [3.05, 3.63) is 23.8 Å². The summed E-state index contributed by atoms with van der Waals surface area (Å²) in [5, 5.41) is 2.46. The third kappa shape index (κ3) is 2.87. The Kier molecular flexibility index (Phi) is 4.37. The maximum Gasteiger partial charge on any atom is 0.387 e. The summed E-state index contributed by atoms with van der Waals surface area (Å²) in [5.74, 6) is 4.33. The van der Waals surface area contributed by atoms with Crippen LogP contribution in [0.25, 0.3) is 0 Å². The Morgan fingerprint density at radius 1 is 1.12 bits per heavy atom. The smallest absolute Gasteiger partial charge is 0.387 e. The number of rotatable bonds is 6. The molecule has 5 heteroatoms. The monoisotopic (exact) mass is 338 g/mol. The average molecular weight is 338 g/mol. The zero-order valence-electron chi connectivity index (χ0n) is 14.1. The predicted octanol–water partition coefficient (Wildman–Crippen LogP) is 3.18. The molecule has 3 saturated carbocycles. The van der Waals surface area contributed by atoms with Crippen molar-refractivity contribution in [2.45, 2.75) is 51.3 Å². The molecule has 3 aliphatic rings. The van der Waals surface area contributed by atoms with Crippen molar-refractivity contribution < 1.29 is 23.6 Å². The van der Waals surface area contributed by atoms with Gasteiger partial charge in [-0.3, -0.25) is 0 Å². The highest BCUT2D eigenvalue weighted by Gasteiger charge is 2.55. The molecular formula is C19H26F2NO2+. The van der Waals surface area contributed by atoms with Crippen LogP contribution < -0.4 is 14.8 Å². The van der Waals surface area contributed by atoms with E-state index in [1.165, 1.54) is 39.2 Å². The maximum atomic E-state index is 12.4. The lowest BCUT2D eigenvalue weighted by Crippen LogP contribution is -2.90. The summed E-state index contributed by atoms with van der Waals surface area (Å²) < 4.78 is 34.5. The molecule has 0 amide bonds. The van der Waals surface area contributed by atoms with Crippen molar-refractivity contribution in [3.63, 3.8) is 0 Å². The normalized spacial score (nSPS) is 33.9. The van der Waals surface area contributed by atoms with E-state index in [1.807, 2.05) is 12.1 Å². The summed E-state index contributed by atoms with van der Waals surface area (Å²) >= 11 is 0. The van der Waals surface area contributed by atoms with Gasteiger partial charge in [-0.25, -0.2) is 0 Å². The van der Waals surface area contributed by atoms with Crippen LogP contribution in [0.2, 0.25) is 0 Å². The molecule has 2 bridgehead atoms. The minimum atomic E-state index is -2.83. The van der Waals surface area contributed by atoms with Crippen molar-refractivity contribution in [1.82, 2.24) is 0 Å². The van der Waals surface area contributed by atoms with E-state index in [1.54, 1.807) is 6.07 Å². The number of methoxy groups -OCH3 is 1. The molecule has 24 heavy (non-hydrogen) atoms. The lowest BCUT2D eigenvalue weighted by Gasteiger charge is -2.30. The van der Waals surface area contributed by atoms with E-state index in [0.29, 0.717) is 5.75 Å². The lowest BCUT2D eigenvalue weighted by atomic mass is 9.79. The second-order valence-electron chi connectivity index (χ2n) is 7.62. The van der Waals surface area contributed by atoms with Crippen LogP contribution in [0.15, 0.2) is 18.2 Å². The van der Waals surface area contributed by atoms with Gasteiger partial charge >= 0.3 is 6.61 Å². The number of hydrogen-bond donors (Lipinski definition) is 1. The predicted molar refractivity (Wildman–Crippen MR) is 86.1 cm³/mol. The number of fused-ring (bicyclic) bond motifs is 5. The number of alkyl halides is 2. The highest BCUT2D eigenvalue weighted by atomic mass is 19.3. The van der Waals surface area contributed by atoms with Crippen molar-refractivity contribution in [2.24, 2.45) is 23.7 Å². The quantitative estimate of drug-likeness (QED) is 0.865. The lowest BCUT2D eigenvalue weighted by molar-refractivity contribution is -0.711. The third-order valence-electron chi connectivity index (χ3n) is 6.58. The van der Waals surface area contributed by atoms with Gasteiger partial charge in [0.15, 0.2) is 11.5 Å². The zero-order chi connectivity index (χ0) is 16.7. The van der Waals surface area contributed by atoms with Gasteiger partial charge in [-0.05, 0) is 55.2 Å². The second-order valence-corrected chi connectivity index (χ2v) is 7.62. The molecule has 132 valence electrons. The van der Waals surface area contributed by atoms with E-state index in [9.17, 15) is 8.78 Å². The van der Waals surface area contributed by atoms with Crippen LogP contribution in [0.4, 0.5) is 8.78 Å². The molecular weight excluding hydrogens is 312 g/mol. The van der Waals surface area contributed by atoms with E-state index < -0.39 is 6.61 Å². The average Bonchev–Trinajstić information content (AvgIpc) is 3.26. The molecule has 0 spiro atoms. The van der Waals surface area contributed by atoms with E-state index in [-0.39, 0.29) is 5.75 Å². The first-order valence-electron chi connectivity index (χ1n) is 9.10. The summed E-state index contributed by atoms with van der Waals surface area (Å²) in [6.07, 6.45) is 7.11. The van der Waals surface area contributed by atoms with Crippen LogP contribution in [-0.2, 0) is 6.54 Å². The number of hydrogen-bond acceptors (Lipinski definition) is 2. The summed E-state index contributed by atoms with van der Waals surface area (Å²) in [4.78, 5) is 0. The molecule has 3 aliphatic carbocycles. The standard InChI is InChI=1S/C19H25F2NO2/c1-23-18-7-11(5-6-17(18)24-19(20)21)10-22-16-9-12-8-15(16)14-4-2-3-13(12)14/h5-7,12-16,19,22H,2-4,8-10H2,1H3/p+1/t12-,13-,14+,15+,16-/m1/s1. The fourth-order valence-electron chi connectivity index (χ4n) is 5.71. The van der Waals surface area contributed by atoms with Gasteiger partial charge in [0, 0.05) is 17.9 Å². The van der Waals surface area contributed by atoms with Crippen molar-refractivity contribution in [1.29, 1.82) is 0 Å². The van der Waals surface area contributed by atoms with Crippen LogP contribution in [0.1, 0.15) is 37.7 Å². The minimum Gasteiger partial charge on any atom is -0.493 e. The van der Waals surface area contributed by atoms with Crippen LogP contribution in [-0.4, -0.2) is 19.8 Å². The summed E-state index contributed by atoms with van der Waals surface area (Å²) in [5.41, 5.74) is 1.10. The number of benzene rings is 1. The van der Waals surface area contributed by atoms with Crippen LogP contribution in [0, 0.1) is 23.7 Å². The maximum absolute atomic E-state index is 12.4. The van der Waals surface area contributed by atoms with Crippen molar-refractivity contribution in [2.75, 3.05) is 7.11 Å². The molecule has 0 radical (unpaired) electrons. The number of halogens is 2. The molecule has 0 aliphatic heterocycles. The topological polar surface area (TPSA) is 35.1 Å². The van der Waals surface area contributed by atoms with Crippen molar-refractivity contribution in [3.8, 4) is 11.5 Å². The van der Waals surface area contributed by atoms with Gasteiger partial charge in [-0.1, -0.05) is 6.42 Å². The summed E-state index contributed by atoms with van der Waals surface area (Å²) in [6, 6.07) is 6.00. The van der Waals surface area contributed by atoms with Crippen LogP contribution >= 0.6 is 0 Å². The highest BCUT2D eigenvalue weighted by molar-refractivity contribution is 5.42. The first-order chi connectivity index (χ1) is 11.7. The van der Waals surface area contributed by atoms with E-state index >= 15 is 0 Å². The summed E-state index contributed by atoms with van der Waals surface area (Å²) in [7, 11) is 1.48. The zero-order valence-corrected chi connectivity index (χ0v) is 14.1. The van der Waals surface area contributed by atoms with Gasteiger partial charge in [0.2, 0.25) is 0 Å². The molecule has 0 saturated heterocycles. The molecule has 0 heterocycles. The number of quaternary nitrogens is 1. The van der Waals surface area contributed by atoms with Gasteiger partial charge in [0.25, 0.3) is 0 Å². The Bertz CT molecular complexity index is 595. The number of ether oxygens (including phenoxy) is 2. The Morgan fingerprint density at radius 3 is 2.75 bits per heavy atom. The molecule has 0 unspecified atom stereocenters. The molecule has 1 aromatic carbocycles. The van der Waals surface area contributed by atoms with E-state index in [0.717, 1.165) is 41.8 Å². The van der Waals surface area contributed by atoms with Gasteiger partial charge in [0.05, 0.1) is 13.2 Å². The van der Waals surface area contributed by atoms with Gasteiger partial charge < -0.3 is 14.8 Å². The van der Waals surface area contributed by atoms with Crippen molar-refractivity contribution >= 4 is 0 Å². The van der Waals surface area contributed by atoms with E-state index in [4.69, 9.17) is 4.74 Å². The van der Waals surface area contributed by atoms with Gasteiger partial charge in [0.1, 0.15) is 6.54 Å². The molecule has 1 aromatic rings. The molecule has 3 fully saturated rings. The first-order valence-corrected chi connectivity index (χ1v) is 9.10. The largest absolute Gasteiger partial charge is 0.493 e. The molecule has 3 nitrogen and oxygen atoms in total. The Labute approximate surface area is 141 Å². The summed E-state index contributed by atoms with van der Waals surface area (Å²) in [6.45, 7) is -1.96. The fourth-order valence-corrected chi connectivity index (χ4v) is 5.71. The second kappa shape index (κ2) is 6.51. The molecule has 5 atom stereocenters. The molecule has 2 N–H and O–H groups in total. The van der Waals surface area contributed by atoms with Crippen LogP contribution in [0.5, 0.6) is 11.5 Å². The third-order valence-corrected chi connectivity index (χ3v) is 6.58. The van der Waals surface area contributed by atoms with Gasteiger partial charge in [-0.2, -0.15) is 8.78 Å². The SMILES string of the molecule is COc1cc(C[NH2+][C@@H]2C[C@H]3C[C@H]2[C@H]2CCC[C@H]32)ccc1OC(F)F. The number of nitrogens with two attached hydrogens (primary N) is 1. The van der Waals surface area contributed by atoms with Gasteiger partial charge in [-0.15, -0.1) is 0 Å². The Balaban J connectivity index is 1.38. The van der Waals surface area contributed by atoms with E-state index in [2.05, 4.69) is 10.1 Å². The molecule has 0 aromatic heterocycles. The van der Waals surface area contributed by atoms with Crippen LogP contribution in [0.3, 0.4) is 0 Å². The molecule has 4 rings (SSSR count). The Morgan fingerprint density at radius 2 is 1.96 bits per heavy atom. The first kappa shape index (κ1) is 16.1.